The molecule has 1 aromatic carbocycles. The van der Waals surface area contributed by atoms with Crippen molar-refractivity contribution in [2.75, 3.05) is 6.54 Å². The molecule has 0 radical (unpaired) electrons. The number of hydrogen-bond donors (Lipinski definition) is 1. The fraction of sp³-hybridized carbons (Fsp3) is 0.304. The predicted octanol–water partition coefficient (Wildman–Crippen LogP) is 2.79. The Kier molecular flexibility index (Phi) is 5.97. The SMILES string of the molecule is Cc1cnc(C(=O)N2CCCC2c2nc(C)ncc2C(=O)NCc2ccccc2)cn1. The van der Waals surface area contributed by atoms with Gasteiger partial charge in [-0.15, -0.1) is 0 Å². The Labute approximate surface area is 180 Å². The molecule has 1 atom stereocenters. The van der Waals surface area contributed by atoms with Crippen LogP contribution in [0.15, 0.2) is 48.9 Å². The van der Waals surface area contributed by atoms with Crippen LogP contribution < -0.4 is 5.32 Å². The fourth-order valence-electron chi connectivity index (χ4n) is 3.73. The van der Waals surface area contributed by atoms with Crippen LogP contribution in [-0.4, -0.2) is 43.2 Å². The molecule has 1 unspecified atom stereocenters. The van der Waals surface area contributed by atoms with Crippen molar-refractivity contribution in [3.8, 4) is 0 Å². The van der Waals surface area contributed by atoms with Gasteiger partial charge in [0.25, 0.3) is 11.8 Å². The standard InChI is InChI=1S/C23H24N6O2/c1-15-11-26-19(14-24-15)23(31)29-10-6-9-20(29)21-18(13-25-16(2)28-21)22(30)27-12-17-7-4-3-5-8-17/h3-5,7-8,11,13-14,20H,6,9-10,12H2,1-2H3,(H,27,30). The number of benzene rings is 1. The number of carbonyl (C=O) groups is 2. The Bertz CT molecular complexity index is 1080. The van der Waals surface area contributed by atoms with E-state index in [-0.39, 0.29) is 17.9 Å². The van der Waals surface area contributed by atoms with Crippen LogP contribution >= 0.6 is 0 Å². The van der Waals surface area contributed by atoms with E-state index in [1.165, 1.54) is 6.20 Å². The summed E-state index contributed by atoms with van der Waals surface area (Å²) in [5.41, 5.74) is 3.00. The first kappa shape index (κ1) is 20.6. The van der Waals surface area contributed by atoms with Gasteiger partial charge in [-0.3, -0.25) is 14.6 Å². The molecule has 0 bridgehead atoms. The second-order valence-electron chi connectivity index (χ2n) is 7.58. The van der Waals surface area contributed by atoms with E-state index in [0.29, 0.717) is 35.9 Å². The first-order valence-electron chi connectivity index (χ1n) is 10.3. The van der Waals surface area contributed by atoms with Gasteiger partial charge in [0.1, 0.15) is 11.5 Å². The molecule has 0 spiro atoms. The number of aryl methyl sites for hydroxylation is 2. The van der Waals surface area contributed by atoms with Crippen molar-refractivity contribution >= 4 is 11.8 Å². The fourth-order valence-corrected chi connectivity index (χ4v) is 3.73. The third-order valence-electron chi connectivity index (χ3n) is 5.31. The van der Waals surface area contributed by atoms with E-state index < -0.39 is 0 Å². The number of aromatic nitrogens is 4. The zero-order chi connectivity index (χ0) is 21.8. The van der Waals surface area contributed by atoms with Crippen molar-refractivity contribution in [2.24, 2.45) is 0 Å². The number of nitrogens with zero attached hydrogens (tertiary/aromatic N) is 5. The number of nitrogens with one attached hydrogen (secondary N) is 1. The summed E-state index contributed by atoms with van der Waals surface area (Å²) in [6, 6.07) is 9.38. The molecule has 31 heavy (non-hydrogen) atoms. The van der Waals surface area contributed by atoms with Crippen molar-refractivity contribution in [3.05, 3.63) is 83.0 Å². The van der Waals surface area contributed by atoms with Crippen LogP contribution in [0.2, 0.25) is 0 Å². The zero-order valence-electron chi connectivity index (χ0n) is 17.6. The lowest BCUT2D eigenvalue weighted by Crippen LogP contribution is -2.34. The highest BCUT2D eigenvalue weighted by molar-refractivity contribution is 5.96. The average Bonchev–Trinajstić information content (AvgIpc) is 3.28. The molecule has 2 amide bonds. The minimum atomic E-state index is -0.310. The zero-order valence-corrected chi connectivity index (χ0v) is 17.6. The molecule has 1 N–H and O–H groups in total. The van der Waals surface area contributed by atoms with Crippen molar-refractivity contribution in [1.29, 1.82) is 0 Å². The lowest BCUT2D eigenvalue weighted by atomic mass is 10.0. The molecule has 1 aliphatic rings. The summed E-state index contributed by atoms with van der Waals surface area (Å²) in [6.45, 7) is 4.58. The van der Waals surface area contributed by atoms with Crippen LogP contribution in [0.25, 0.3) is 0 Å². The van der Waals surface area contributed by atoms with E-state index in [2.05, 4.69) is 25.3 Å². The Morgan fingerprint density at radius 3 is 2.61 bits per heavy atom. The van der Waals surface area contributed by atoms with E-state index in [1.807, 2.05) is 37.3 Å². The molecule has 1 fully saturated rings. The Morgan fingerprint density at radius 1 is 1.06 bits per heavy atom. The normalized spacial score (nSPS) is 15.7. The van der Waals surface area contributed by atoms with Gasteiger partial charge < -0.3 is 10.2 Å². The number of likely N-dealkylation sites (tertiary alicyclic amines) is 1. The molecule has 8 heteroatoms. The van der Waals surface area contributed by atoms with Crippen molar-refractivity contribution in [1.82, 2.24) is 30.2 Å². The number of amides is 2. The number of hydrogen-bond acceptors (Lipinski definition) is 6. The molecule has 0 aliphatic carbocycles. The summed E-state index contributed by atoms with van der Waals surface area (Å²) in [5.74, 6) is 0.0965. The van der Waals surface area contributed by atoms with Gasteiger partial charge in [0, 0.05) is 25.5 Å². The minimum absolute atomic E-state index is 0.207. The van der Waals surface area contributed by atoms with Crippen molar-refractivity contribution in [2.45, 2.75) is 39.3 Å². The van der Waals surface area contributed by atoms with Gasteiger partial charge in [-0.25, -0.2) is 15.0 Å². The Balaban J connectivity index is 1.59. The van der Waals surface area contributed by atoms with Crippen LogP contribution in [-0.2, 0) is 6.54 Å². The van der Waals surface area contributed by atoms with E-state index >= 15 is 0 Å². The van der Waals surface area contributed by atoms with Crippen LogP contribution in [0.4, 0.5) is 0 Å². The highest BCUT2D eigenvalue weighted by Crippen LogP contribution is 2.33. The lowest BCUT2D eigenvalue weighted by molar-refractivity contribution is 0.0722. The van der Waals surface area contributed by atoms with Gasteiger partial charge in [0.05, 0.1) is 29.2 Å². The second kappa shape index (κ2) is 8.99. The molecule has 3 aromatic rings. The lowest BCUT2D eigenvalue weighted by Gasteiger charge is -2.25. The third-order valence-corrected chi connectivity index (χ3v) is 5.31. The van der Waals surface area contributed by atoms with E-state index in [9.17, 15) is 9.59 Å². The molecule has 8 nitrogen and oxygen atoms in total. The first-order valence-corrected chi connectivity index (χ1v) is 10.3. The van der Waals surface area contributed by atoms with E-state index in [1.54, 1.807) is 24.2 Å². The maximum Gasteiger partial charge on any atom is 0.274 e. The molecule has 2 aromatic heterocycles. The quantitative estimate of drug-likeness (QED) is 0.686. The Morgan fingerprint density at radius 2 is 1.87 bits per heavy atom. The van der Waals surface area contributed by atoms with Crippen molar-refractivity contribution in [3.63, 3.8) is 0 Å². The van der Waals surface area contributed by atoms with Crippen LogP contribution in [0, 0.1) is 13.8 Å². The molecule has 1 aliphatic heterocycles. The van der Waals surface area contributed by atoms with Gasteiger partial charge in [0.2, 0.25) is 0 Å². The Hall–Kier alpha value is -3.68. The molecule has 4 rings (SSSR count). The third kappa shape index (κ3) is 4.58. The first-order chi connectivity index (χ1) is 15.0. The summed E-state index contributed by atoms with van der Waals surface area (Å²) in [6.07, 6.45) is 6.16. The summed E-state index contributed by atoms with van der Waals surface area (Å²) in [4.78, 5) is 45.0. The maximum absolute atomic E-state index is 13.1. The monoisotopic (exact) mass is 416 g/mol. The predicted molar refractivity (Wildman–Crippen MR) is 114 cm³/mol. The molecule has 3 heterocycles. The highest BCUT2D eigenvalue weighted by Gasteiger charge is 2.35. The smallest absolute Gasteiger partial charge is 0.274 e. The van der Waals surface area contributed by atoms with Gasteiger partial charge in [-0.05, 0) is 32.3 Å². The molecule has 1 saturated heterocycles. The van der Waals surface area contributed by atoms with Gasteiger partial charge in [-0.2, -0.15) is 0 Å². The van der Waals surface area contributed by atoms with Gasteiger partial charge in [0.15, 0.2) is 0 Å². The number of rotatable bonds is 5. The summed E-state index contributed by atoms with van der Waals surface area (Å²) >= 11 is 0. The van der Waals surface area contributed by atoms with Crippen LogP contribution in [0.3, 0.4) is 0 Å². The topological polar surface area (TPSA) is 101 Å². The van der Waals surface area contributed by atoms with E-state index in [0.717, 1.165) is 24.1 Å². The second-order valence-corrected chi connectivity index (χ2v) is 7.58. The van der Waals surface area contributed by atoms with Gasteiger partial charge >= 0.3 is 0 Å². The summed E-state index contributed by atoms with van der Waals surface area (Å²) in [5, 5.41) is 2.94. The van der Waals surface area contributed by atoms with Crippen molar-refractivity contribution < 1.29 is 9.59 Å². The van der Waals surface area contributed by atoms with Crippen LogP contribution in [0.1, 0.15) is 62.5 Å². The largest absolute Gasteiger partial charge is 0.348 e. The van der Waals surface area contributed by atoms with Crippen LogP contribution in [0.5, 0.6) is 0 Å². The van der Waals surface area contributed by atoms with Gasteiger partial charge in [-0.1, -0.05) is 30.3 Å². The summed E-state index contributed by atoms with van der Waals surface area (Å²) in [7, 11) is 0. The minimum Gasteiger partial charge on any atom is -0.348 e. The molecular formula is C23H24N6O2. The number of carbonyl (C=O) groups excluding carboxylic acids is 2. The maximum atomic E-state index is 13.1. The molecule has 0 saturated carbocycles. The summed E-state index contributed by atoms with van der Waals surface area (Å²) < 4.78 is 0. The van der Waals surface area contributed by atoms with E-state index in [4.69, 9.17) is 0 Å². The molecule has 158 valence electrons. The average molecular weight is 416 g/mol. The molecular weight excluding hydrogens is 392 g/mol. The highest BCUT2D eigenvalue weighted by atomic mass is 16.2.